The predicted molar refractivity (Wildman–Crippen MR) is 146 cm³/mol. The van der Waals surface area contributed by atoms with Gasteiger partial charge in [0.2, 0.25) is 5.91 Å². The van der Waals surface area contributed by atoms with Gasteiger partial charge < -0.3 is 4.90 Å². The maximum Gasteiger partial charge on any atom is 0.391 e. The molecule has 3 heterocycles. The summed E-state index contributed by atoms with van der Waals surface area (Å²) in [4.78, 5) is 26.5. The van der Waals surface area contributed by atoms with Crippen molar-refractivity contribution in [3.8, 4) is 11.1 Å². The van der Waals surface area contributed by atoms with Crippen LogP contribution in [0, 0.1) is 11.8 Å². The number of likely N-dealkylation sites (tertiary alicyclic amines) is 1. The minimum absolute atomic E-state index is 0.0636. The molecule has 2 aromatic rings. The van der Waals surface area contributed by atoms with Gasteiger partial charge in [-0.3, -0.25) is 14.6 Å². The topological polar surface area (TPSA) is 43.9 Å². The number of hydrogen-bond donors (Lipinski definition) is 0. The Balaban J connectivity index is 1.23. The van der Waals surface area contributed by atoms with Gasteiger partial charge in [0, 0.05) is 54.8 Å². The summed E-state index contributed by atoms with van der Waals surface area (Å²) in [6.45, 7) is 2.70. The molecule has 39 heavy (non-hydrogen) atoms. The molecule has 0 saturated carbocycles. The van der Waals surface area contributed by atoms with Gasteiger partial charge in [0.25, 0.3) is 5.91 Å². The summed E-state index contributed by atoms with van der Waals surface area (Å²) in [5.41, 5.74) is 3.01. The smallest absolute Gasteiger partial charge is 0.339 e. The van der Waals surface area contributed by atoms with E-state index in [9.17, 15) is 22.8 Å². The molecule has 0 spiro atoms. The molecule has 5 rings (SSSR count). The van der Waals surface area contributed by atoms with Crippen LogP contribution in [0.5, 0.6) is 0 Å². The number of piperidine rings is 2. The second kappa shape index (κ2) is 11.7. The highest BCUT2D eigenvalue weighted by molar-refractivity contribution is 6.36. The van der Waals surface area contributed by atoms with E-state index in [4.69, 9.17) is 23.2 Å². The van der Waals surface area contributed by atoms with Gasteiger partial charge in [-0.25, -0.2) is 5.01 Å². The third-order valence-corrected chi connectivity index (χ3v) is 8.91. The first kappa shape index (κ1) is 28.2. The number of hydrazine groups is 1. The van der Waals surface area contributed by atoms with E-state index in [1.807, 2.05) is 29.3 Å². The van der Waals surface area contributed by atoms with Crippen LogP contribution in [0.4, 0.5) is 13.2 Å². The van der Waals surface area contributed by atoms with E-state index in [1.165, 1.54) is 4.90 Å². The lowest BCUT2D eigenvalue weighted by Crippen LogP contribution is -2.48. The SMILES string of the molecule is O=C(c1ccc(-c2cc(Cl)c(C[C@H]3CCCN(N4CCCC4=O)C3)c(Cl)c2)cc1)N1CCC(C(F)(F)F)CC1. The maximum atomic E-state index is 12.9. The molecule has 0 radical (unpaired) electrons. The summed E-state index contributed by atoms with van der Waals surface area (Å²) in [5, 5.41) is 5.25. The van der Waals surface area contributed by atoms with Crippen molar-refractivity contribution in [2.75, 3.05) is 32.7 Å². The van der Waals surface area contributed by atoms with Gasteiger partial charge in [0.1, 0.15) is 0 Å². The van der Waals surface area contributed by atoms with Crippen molar-refractivity contribution in [3.05, 3.63) is 57.6 Å². The molecule has 1 atom stereocenters. The molecular weight excluding hydrogens is 550 g/mol. The van der Waals surface area contributed by atoms with E-state index in [1.54, 1.807) is 12.1 Å². The van der Waals surface area contributed by atoms with Crippen LogP contribution in [0.3, 0.4) is 0 Å². The Morgan fingerprint density at radius 2 is 1.56 bits per heavy atom. The molecule has 0 bridgehead atoms. The van der Waals surface area contributed by atoms with Crippen LogP contribution in [0.15, 0.2) is 36.4 Å². The maximum absolute atomic E-state index is 12.9. The lowest BCUT2D eigenvalue weighted by molar-refractivity contribution is -0.183. The van der Waals surface area contributed by atoms with Crippen molar-refractivity contribution in [1.29, 1.82) is 0 Å². The van der Waals surface area contributed by atoms with E-state index in [0.29, 0.717) is 27.9 Å². The van der Waals surface area contributed by atoms with Crippen LogP contribution in [0.1, 0.15) is 54.4 Å². The molecule has 3 aliphatic heterocycles. The van der Waals surface area contributed by atoms with Crippen molar-refractivity contribution in [1.82, 2.24) is 14.9 Å². The van der Waals surface area contributed by atoms with Gasteiger partial charge >= 0.3 is 6.18 Å². The first-order valence-electron chi connectivity index (χ1n) is 13.6. The number of benzene rings is 2. The average molecular weight is 582 g/mol. The van der Waals surface area contributed by atoms with Gasteiger partial charge in [-0.2, -0.15) is 13.2 Å². The van der Waals surface area contributed by atoms with Crippen LogP contribution in [0.25, 0.3) is 11.1 Å². The minimum atomic E-state index is -4.21. The van der Waals surface area contributed by atoms with E-state index in [0.717, 1.165) is 62.0 Å². The molecule has 0 aliphatic carbocycles. The second-order valence-corrected chi connectivity index (χ2v) is 11.7. The number of rotatable bonds is 5. The molecule has 3 aliphatic rings. The number of alkyl halides is 3. The Morgan fingerprint density at radius 1 is 0.897 bits per heavy atom. The highest BCUT2D eigenvalue weighted by Gasteiger charge is 2.41. The molecule has 0 N–H and O–H groups in total. The summed E-state index contributed by atoms with van der Waals surface area (Å²) < 4.78 is 38.8. The first-order chi connectivity index (χ1) is 18.6. The summed E-state index contributed by atoms with van der Waals surface area (Å²) in [5.74, 6) is -1.05. The number of carbonyl (C=O) groups is 2. The monoisotopic (exact) mass is 581 g/mol. The van der Waals surface area contributed by atoms with E-state index in [-0.39, 0.29) is 37.7 Å². The first-order valence-corrected chi connectivity index (χ1v) is 14.4. The molecule has 0 aromatic heterocycles. The Labute approximate surface area is 236 Å². The summed E-state index contributed by atoms with van der Waals surface area (Å²) in [6, 6.07) is 10.8. The average Bonchev–Trinajstić information content (AvgIpc) is 3.36. The zero-order valence-corrected chi connectivity index (χ0v) is 23.2. The highest BCUT2D eigenvalue weighted by atomic mass is 35.5. The Bertz CT molecular complexity index is 1190. The van der Waals surface area contributed by atoms with Crippen LogP contribution >= 0.6 is 23.2 Å². The zero-order chi connectivity index (χ0) is 27.7. The van der Waals surface area contributed by atoms with Crippen LogP contribution in [0.2, 0.25) is 10.0 Å². The third-order valence-electron chi connectivity index (χ3n) is 8.23. The Hall–Kier alpha value is -2.29. The lowest BCUT2D eigenvalue weighted by atomic mass is 9.91. The normalized spacial score (nSPS) is 21.6. The fourth-order valence-electron chi connectivity index (χ4n) is 6.01. The number of hydrogen-bond acceptors (Lipinski definition) is 3. The molecule has 3 fully saturated rings. The fourth-order valence-corrected chi connectivity index (χ4v) is 6.65. The van der Waals surface area contributed by atoms with Crippen LogP contribution in [-0.4, -0.2) is 65.6 Å². The number of carbonyl (C=O) groups excluding carboxylic acids is 2. The molecular formula is C29H32Cl2F3N3O2. The third kappa shape index (κ3) is 6.39. The molecule has 5 nitrogen and oxygen atoms in total. The summed E-state index contributed by atoms with van der Waals surface area (Å²) in [7, 11) is 0. The zero-order valence-electron chi connectivity index (χ0n) is 21.7. The van der Waals surface area contributed by atoms with Crippen molar-refractivity contribution in [2.24, 2.45) is 11.8 Å². The van der Waals surface area contributed by atoms with Crippen molar-refractivity contribution < 1.29 is 22.8 Å². The molecule has 210 valence electrons. The largest absolute Gasteiger partial charge is 0.391 e. The molecule has 3 saturated heterocycles. The quantitative estimate of drug-likeness (QED) is 0.387. The second-order valence-electron chi connectivity index (χ2n) is 10.8. The van der Waals surface area contributed by atoms with Crippen molar-refractivity contribution in [3.63, 3.8) is 0 Å². The van der Waals surface area contributed by atoms with E-state index < -0.39 is 12.1 Å². The van der Waals surface area contributed by atoms with Crippen LogP contribution < -0.4 is 0 Å². The fraction of sp³-hybridized carbons (Fsp3) is 0.517. The van der Waals surface area contributed by atoms with Gasteiger partial charge in [0.15, 0.2) is 0 Å². The standard InChI is InChI=1S/C29H32Cl2F3N3O2/c30-25-16-22(17-26(31)24(25)15-19-3-1-11-36(18-19)37-12-2-4-27(37)38)20-5-7-21(8-6-20)28(39)35-13-9-23(10-14-35)29(32,33)34/h5-8,16-17,19,23H,1-4,9-15,18H2/t19-/m1/s1. The molecule has 10 heteroatoms. The van der Waals surface area contributed by atoms with Crippen molar-refractivity contribution in [2.45, 2.75) is 51.1 Å². The Kier molecular flexibility index (Phi) is 8.45. The van der Waals surface area contributed by atoms with Crippen LogP contribution in [-0.2, 0) is 11.2 Å². The molecule has 2 aromatic carbocycles. The highest BCUT2D eigenvalue weighted by Crippen LogP contribution is 2.36. The van der Waals surface area contributed by atoms with Gasteiger partial charge in [-0.05, 0) is 85.4 Å². The van der Waals surface area contributed by atoms with Gasteiger partial charge in [0.05, 0.1) is 5.92 Å². The van der Waals surface area contributed by atoms with Gasteiger partial charge in [-0.1, -0.05) is 35.3 Å². The van der Waals surface area contributed by atoms with E-state index in [2.05, 4.69) is 5.01 Å². The summed E-state index contributed by atoms with van der Waals surface area (Å²) in [6.07, 6.45) is 0.000929. The Morgan fingerprint density at radius 3 is 2.15 bits per heavy atom. The number of halogens is 5. The molecule has 0 unspecified atom stereocenters. The lowest BCUT2D eigenvalue weighted by Gasteiger charge is -2.38. The minimum Gasteiger partial charge on any atom is -0.339 e. The van der Waals surface area contributed by atoms with Gasteiger partial charge in [-0.15, -0.1) is 0 Å². The number of amides is 2. The molecule has 2 amide bonds. The van der Waals surface area contributed by atoms with Crippen molar-refractivity contribution >= 4 is 35.0 Å². The number of nitrogens with zero attached hydrogens (tertiary/aromatic N) is 3. The summed E-state index contributed by atoms with van der Waals surface area (Å²) >= 11 is 13.4. The van der Waals surface area contributed by atoms with E-state index >= 15 is 0 Å². The predicted octanol–water partition coefficient (Wildman–Crippen LogP) is 6.87.